The van der Waals surface area contributed by atoms with E-state index in [0.29, 0.717) is 12.1 Å². The Morgan fingerprint density at radius 3 is 2.00 bits per heavy atom. The molecule has 1 unspecified atom stereocenters. The van der Waals surface area contributed by atoms with E-state index >= 15 is 0 Å². The largest absolute Gasteiger partial charge is 0.416 e. The SMILES string of the molecule is CNC(c1ccc(F)cc1C(F)(F)F)C(F)(F)F. The lowest BCUT2D eigenvalue weighted by atomic mass is 9.99. The van der Waals surface area contributed by atoms with Crippen molar-refractivity contribution >= 4 is 0 Å². The first kappa shape index (κ1) is 14.7. The van der Waals surface area contributed by atoms with Crippen molar-refractivity contribution in [2.75, 3.05) is 7.05 Å². The van der Waals surface area contributed by atoms with Crippen molar-refractivity contribution in [3.8, 4) is 0 Å². The van der Waals surface area contributed by atoms with Crippen LogP contribution in [0.3, 0.4) is 0 Å². The summed E-state index contributed by atoms with van der Waals surface area (Å²) in [7, 11) is 0.877. The van der Waals surface area contributed by atoms with Crippen molar-refractivity contribution in [1.82, 2.24) is 5.32 Å². The Hall–Kier alpha value is -1.31. The van der Waals surface area contributed by atoms with Crippen LogP contribution < -0.4 is 5.32 Å². The fourth-order valence-corrected chi connectivity index (χ4v) is 1.52. The number of halogens is 7. The van der Waals surface area contributed by atoms with Gasteiger partial charge in [0.05, 0.1) is 5.56 Å². The predicted molar refractivity (Wildman–Crippen MR) is 49.3 cm³/mol. The second-order valence-corrected chi connectivity index (χ2v) is 3.49. The van der Waals surface area contributed by atoms with Crippen LogP contribution in [0, 0.1) is 5.82 Å². The third-order valence-electron chi connectivity index (χ3n) is 2.25. The van der Waals surface area contributed by atoms with Crippen molar-refractivity contribution in [2.24, 2.45) is 0 Å². The lowest BCUT2D eigenvalue weighted by Crippen LogP contribution is -2.33. The fourth-order valence-electron chi connectivity index (χ4n) is 1.52. The Morgan fingerprint density at radius 1 is 1.06 bits per heavy atom. The number of benzene rings is 1. The van der Waals surface area contributed by atoms with E-state index < -0.39 is 35.3 Å². The van der Waals surface area contributed by atoms with E-state index in [2.05, 4.69) is 0 Å². The molecule has 102 valence electrons. The maximum atomic E-state index is 12.7. The van der Waals surface area contributed by atoms with Crippen LogP contribution in [-0.2, 0) is 6.18 Å². The number of hydrogen-bond donors (Lipinski definition) is 1. The molecule has 0 radical (unpaired) electrons. The molecule has 18 heavy (non-hydrogen) atoms. The van der Waals surface area contributed by atoms with E-state index in [1.54, 1.807) is 5.32 Å². The molecule has 0 aliphatic carbocycles. The summed E-state index contributed by atoms with van der Waals surface area (Å²) in [6, 6.07) is -1.42. The van der Waals surface area contributed by atoms with Gasteiger partial charge in [-0.25, -0.2) is 4.39 Å². The molecule has 0 aliphatic heterocycles. The molecule has 0 saturated heterocycles. The fraction of sp³-hybridized carbons (Fsp3) is 0.400. The third kappa shape index (κ3) is 3.12. The van der Waals surface area contributed by atoms with Gasteiger partial charge in [0.25, 0.3) is 0 Å². The molecule has 1 N–H and O–H groups in total. The highest BCUT2D eigenvalue weighted by Gasteiger charge is 2.45. The normalized spacial score (nSPS) is 14.7. The maximum Gasteiger partial charge on any atom is 0.416 e. The molecule has 0 heterocycles. The van der Waals surface area contributed by atoms with Gasteiger partial charge in [-0.1, -0.05) is 6.07 Å². The molecule has 0 aromatic heterocycles. The summed E-state index contributed by atoms with van der Waals surface area (Å²) in [6.07, 6.45) is -9.97. The summed E-state index contributed by atoms with van der Waals surface area (Å²) in [5, 5.41) is 1.74. The van der Waals surface area contributed by atoms with Crippen molar-refractivity contribution in [3.63, 3.8) is 0 Å². The minimum Gasteiger partial charge on any atom is -0.306 e. The van der Waals surface area contributed by atoms with Gasteiger partial charge in [-0.3, -0.25) is 0 Å². The average Bonchev–Trinajstić information content (AvgIpc) is 2.17. The van der Waals surface area contributed by atoms with Crippen molar-refractivity contribution < 1.29 is 30.7 Å². The summed E-state index contributed by atoms with van der Waals surface area (Å²) >= 11 is 0. The quantitative estimate of drug-likeness (QED) is 0.812. The second-order valence-electron chi connectivity index (χ2n) is 3.49. The maximum absolute atomic E-state index is 12.7. The molecular weight excluding hydrogens is 267 g/mol. The lowest BCUT2D eigenvalue weighted by Gasteiger charge is -2.23. The Bertz CT molecular complexity index is 421. The van der Waals surface area contributed by atoms with Gasteiger partial charge in [-0.05, 0) is 24.7 Å². The van der Waals surface area contributed by atoms with Crippen LogP contribution >= 0.6 is 0 Å². The van der Waals surface area contributed by atoms with Crippen molar-refractivity contribution in [1.29, 1.82) is 0 Å². The first-order valence-electron chi connectivity index (χ1n) is 4.68. The predicted octanol–water partition coefficient (Wildman–Crippen LogP) is 3.67. The lowest BCUT2D eigenvalue weighted by molar-refractivity contribution is -0.161. The van der Waals surface area contributed by atoms with Crippen molar-refractivity contribution in [2.45, 2.75) is 18.4 Å². The Balaban J connectivity index is 3.40. The summed E-state index contributed by atoms with van der Waals surface area (Å²) in [5.74, 6) is -1.25. The Morgan fingerprint density at radius 2 is 1.61 bits per heavy atom. The highest BCUT2D eigenvalue weighted by atomic mass is 19.4. The van der Waals surface area contributed by atoms with Crippen molar-refractivity contribution in [3.05, 3.63) is 35.1 Å². The molecule has 1 rings (SSSR count). The first-order chi connectivity index (χ1) is 8.07. The minimum absolute atomic E-state index is 0.0470. The summed E-state index contributed by atoms with van der Waals surface area (Å²) in [4.78, 5) is 0. The molecule has 1 nitrogen and oxygen atoms in total. The van der Waals surface area contributed by atoms with Crippen LogP contribution in [0.5, 0.6) is 0 Å². The highest BCUT2D eigenvalue weighted by Crippen LogP contribution is 2.40. The van der Waals surface area contributed by atoms with E-state index in [1.807, 2.05) is 0 Å². The molecule has 0 bridgehead atoms. The van der Waals surface area contributed by atoms with Crippen LogP contribution in [0.1, 0.15) is 17.2 Å². The number of hydrogen-bond acceptors (Lipinski definition) is 1. The van der Waals surface area contributed by atoms with Crippen LogP contribution in [0.25, 0.3) is 0 Å². The highest BCUT2D eigenvalue weighted by molar-refractivity contribution is 5.34. The zero-order valence-electron chi connectivity index (χ0n) is 8.96. The van der Waals surface area contributed by atoms with E-state index in [-0.39, 0.29) is 6.07 Å². The Kier molecular flexibility index (Phi) is 3.89. The number of rotatable bonds is 2. The van der Waals surface area contributed by atoms with E-state index in [0.717, 1.165) is 7.05 Å². The molecule has 0 spiro atoms. The zero-order chi connectivity index (χ0) is 14.1. The molecule has 0 amide bonds. The van der Waals surface area contributed by atoms with Gasteiger partial charge in [-0.2, -0.15) is 26.3 Å². The first-order valence-corrected chi connectivity index (χ1v) is 4.68. The molecule has 1 aromatic carbocycles. The molecular formula is C10H8F7N. The zero-order valence-corrected chi connectivity index (χ0v) is 8.96. The molecule has 0 aliphatic rings. The van der Waals surface area contributed by atoms with E-state index in [4.69, 9.17) is 0 Å². The van der Waals surface area contributed by atoms with Gasteiger partial charge in [0.15, 0.2) is 0 Å². The van der Waals surface area contributed by atoms with Gasteiger partial charge >= 0.3 is 12.4 Å². The van der Waals surface area contributed by atoms with Gasteiger partial charge < -0.3 is 5.32 Å². The van der Waals surface area contributed by atoms with Crippen LogP contribution in [-0.4, -0.2) is 13.2 Å². The van der Waals surface area contributed by atoms with Crippen LogP contribution in [0.4, 0.5) is 30.7 Å². The number of nitrogens with one attached hydrogen (secondary N) is 1. The third-order valence-corrected chi connectivity index (χ3v) is 2.25. The summed E-state index contributed by atoms with van der Waals surface area (Å²) in [5.41, 5.74) is -2.70. The molecule has 8 heteroatoms. The van der Waals surface area contributed by atoms with E-state index in [1.165, 1.54) is 0 Å². The van der Waals surface area contributed by atoms with Gasteiger partial charge in [0, 0.05) is 0 Å². The second kappa shape index (κ2) is 4.75. The number of alkyl halides is 6. The van der Waals surface area contributed by atoms with Crippen LogP contribution in [0.2, 0.25) is 0 Å². The summed E-state index contributed by atoms with van der Waals surface area (Å²) < 4.78 is 88.0. The molecule has 0 fully saturated rings. The molecule has 1 aromatic rings. The monoisotopic (exact) mass is 275 g/mol. The smallest absolute Gasteiger partial charge is 0.306 e. The molecule has 1 atom stereocenters. The van der Waals surface area contributed by atoms with Gasteiger partial charge in [0.2, 0.25) is 0 Å². The summed E-state index contributed by atoms with van der Waals surface area (Å²) in [6.45, 7) is 0. The minimum atomic E-state index is -5.06. The van der Waals surface area contributed by atoms with Crippen LogP contribution in [0.15, 0.2) is 18.2 Å². The topological polar surface area (TPSA) is 12.0 Å². The Labute approximate surface area is 97.6 Å². The van der Waals surface area contributed by atoms with Gasteiger partial charge in [0.1, 0.15) is 11.9 Å². The van der Waals surface area contributed by atoms with E-state index in [9.17, 15) is 30.7 Å². The standard InChI is InChI=1S/C10H8F7N/c1-18-8(10(15,16)17)6-3-2-5(11)4-7(6)9(12,13)14/h2-4,8,18H,1H3. The average molecular weight is 275 g/mol. The molecule has 0 saturated carbocycles. The van der Waals surface area contributed by atoms with Gasteiger partial charge in [-0.15, -0.1) is 0 Å².